The summed E-state index contributed by atoms with van der Waals surface area (Å²) in [6, 6.07) is 16.2. The molecule has 1 amide bonds. The van der Waals surface area contributed by atoms with Gasteiger partial charge in [-0.1, -0.05) is 12.1 Å². The molecule has 0 bridgehead atoms. The van der Waals surface area contributed by atoms with Crippen molar-refractivity contribution < 1.29 is 9.59 Å². The first-order chi connectivity index (χ1) is 12.5. The SMILES string of the molecule is CC(C)NC(=O)C(C#N)C(=O)c1ccc(-n2cnc3ccccc32)cc1. The minimum absolute atomic E-state index is 0.136. The number of carbonyl (C=O) groups is 2. The van der Waals surface area contributed by atoms with Gasteiger partial charge < -0.3 is 5.32 Å². The number of nitriles is 1. The number of rotatable bonds is 5. The van der Waals surface area contributed by atoms with Gasteiger partial charge in [0.2, 0.25) is 5.91 Å². The number of nitrogens with zero attached hydrogens (tertiary/aromatic N) is 3. The first-order valence-corrected chi connectivity index (χ1v) is 8.28. The van der Waals surface area contributed by atoms with Crippen LogP contribution in [0.1, 0.15) is 24.2 Å². The van der Waals surface area contributed by atoms with E-state index in [4.69, 9.17) is 0 Å². The predicted octanol–water partition coefficient (Wildman–Crippen LogP) is 2.87. The van der Waals surface area contributed by atoms with Gasteiger partial charge in [0, 0.05) is 17.3 Å². The van der Waals surface area contributed by atoms with Crippen molar-refractivity contribution >= 4 is 22.7 Å². The van der Waals surface area contributed by atoms with Crippen LogP contribution in [0.3, 0.4) is 0 Å². The van der Waals surface area contributed by atoms with Crippen LogP contribution in [-0.2, 0) is 4.79 Å². The third kappa shape index (κ3) is 3.33. The lowest BCUT2D eigenvalue weighted by Crippen LogP contribution is -2.38. The molecular weight excluding hydrogens is 328 g/mol. The highest BCUT2D eigenvalue weighted by atomic mass is 16.2. The van der Waals surface area contributed by atoms with Gasteiger partial charge in [-0.05, 0) is 50.2 Å². The predicted molar refractivity (Wildman–Crippen MR) is 97.8 cm³/mol. The minimum Gasteiger partial charge on any atom is -0.352 e. The molecule has 0 saturated carbocycles. The molecule has 26 heavy (non-hydrogen) atoms. The number of ketones is 1. The highest BCUT2D eigenvalue weighted by molar-refractivity contribution is 6.12. The van der Waals surface area contributed by atoms with Crippen LogP contribution in [-0.4, -0.2) is 27.3 Å². The molecule has 0 aliphatic rings. The molecule has 1 aromatic heterocycles. The van der Waals surface area contributed by atoms with E-state index in [0.29, 0.717) is 5.56 Å². The van der Waals surface area contributed by atoms with Gasteiger partial charge in [-0.25, -0.2) is 4.98 Å². The molecule has 1 atom stereocenters. The average molecular weight is 346 g/mol. The molecule has 0 fully saturated rings. The molecule has 1 N–H and O–H groups in total. The topological polar surface area (TPSA) is 87.8 Å². The van der Waals surface area contributed by atoms with Gasteiger partial charge in [0.25, 0.3) is 0 Å². The molecule has 1 unspecified atom stereocenters. The average Bonchev–Trinajstić information content (AvgIpc) is 3.06. The van der Waals surface area contributed by atoms with E-state index in [1.54, 1.807) is 50.5 Å². The molecule has 0 aliphatic heterocycles. The number of aromatic nitrogens is 2. The summed E-state index contributed by atoms with van der Waals surface area (Å²) < 4.78 is 1.91. The lowest BCUT2D eigenvalue weighted by molar-refractivity contribution is -0.122. The van der Waals surface area contributed by atoms with Crippen LogP contribution < -0.4 is 5.32 Å². The van der Waals surface area contributed by atoms with Crippen LogP contribution in [0.4, 0.5) is 0 Å². The Hall–Kier alpha value is -3.46. The van der Waals surface area contributed by atoms with Gasteiger partial charge in [-0.3, -0.25) is 14.2 Å². The number of amides is 1. The van der Waals surface area contributed by atoms with Gasteiger partial charge >= 0.3 is 0 Å². The van der Waals surface area contributed by atoms with Crippen molar-refractivity contribution in [1.29, 1.82) is 5.26 Å². The second-order valence-electron chi connectivity index (χ2n) is 6.24. The number of imidazole rings is 1. The molecule has 6 nitrogen and oxygen atoms in total. The molecular formula is C20H18N4O2. The van der Waals surface area contributed by atoms with Crippen LogP contribution in [0.15, 0.2) is 54.9 Å². The summed E-state index contributed by atoms with van der Waals surface area (Å²) in [5, 5.41) is 11.8. The molecule has 0 aliphatic carbocycles. The Kier molecular flexibility index (Phi) is 4.81. The number of fused-ring (bicyclic) bond motifs is 1. The Morgan fingerprint density at radius 2 is 1.81 bits per heavy atom. The van der Waals surface area contributed by atoms with Crippen molar-refractivity contribution in [3.63, 3.8) is 0 Å². The second-order valence-corrected chi connectivity index (χ2v) is 6.24. The van der Waals surface area contributed by atoms with E-state index in [0.717, 1.165) is 16.7 Å². The van der Waals surface area contributed by atoms with Crippen LogP contribution in [0, 0.1) is 17.2 Å². The summed E-state index contributed by atoms with van der Waals surface area (Å²) >= 11 is 0. The fourth-order valence-corrected chi connectivity index (χ4v) is 2.72. The van der Waals surface area contributed by atoms with Crippen molar-refractivity contribution in [2.45, 2.75) is 19.9 Å². The Morgan fingerprint density at radius 1 is 1.12 bits per heavy atom. The third-order valence-corrected chi connectivity index (χ3v) is 3.97. The molecule has 0 radical (unpaired) electrons. The van der Waals surface area contributed by atoms with Gasteiger partial charge in [-0.2, -0.15) is 5.26 Å². The number of para-hydroxylation sites is 2. The molecule has 3 aromatic rings. The van der Waals surface area contributed by atoms with Crippen molar-refractivity contribution in [2.24, 2.45) is 5.92 Å². The van der Waals surface area contributed by atoms with Gasteiger partial charge in [-0.15, -0.1) is 0 Å². The maximum atomic E-state index is 12.5. The number of nitrogens with one attached hydrogen (secondary N) is 1. The molecule has 1 heterocycles. The number of hydrogen-bond donors (Lipinski definition) is 1. The maximum absolute atomic E-state index is 12.5. The summed E-state index contributed by atoms with van der Waals surface area (Å²) in [4.78, 5) is 28.9. The molecule has 0 spiro atoms. The lowest BCUT2D eigenvalue weighted by Gasteiger charge is -2.12. The fraction of sp³-hybridized carbons (Fsp3) is 0.200. The van der Waals surface area contributed by atoms with Gasteiger partial charge in [0.15, 0.2) is 11.7 Å². The zero-order chi connectivity index (χ0) is 18.7. The van der Waals surface area contributed by atoms with Crippen LogP contribution in [0.25, 0.3) is 16.7 Å². The monoisotopic (exact) mass is 346 g/mol. The van der Waals surface area contributed by atoms with Crippen molar-refractivity contribution in [3.8, 4) is 11.8 Å². The zero-order valence-electron chi connectivity index (χ0n) is 14.5. The fourth-order valence-electron chi connectivity index (χ4n) is 2.72. The smallest absolute Gasteiger partial charge is 0.245 e. The van der Waals surface area contributed by atoms with Crippen LogP contribution in [0.2, 0.25) is 0 Å². The van der Waals surface area contributed by atoms with E-state index < -0.39 is 17.6 Å². The normalized spacial score (nSPS) is 11.9. The quantitative estimate of drug-likeness (QED) is 0.568. The minimum atomic E-state index is -1.35. The third-order valence-electron chi connectivity index (χ3n) is 3.97. The first-order valence-electron chi connectivity index (χ1n) is 8.28. The molecule has 0 saturated heterocycles. The molecule has 2 aromatic carbocycles. The highest BCUT2D eigenvalue weighted by Crippen LogP contribution is 2.19. The number of carbonyl (C=O) groups excluding carboxylic acids is 2. The van der Waals surface area contributed by atoms with Crippen molar-refractivity contribution in [3.05, 3.63) is 60.4 Å². The molecule has 3 rings (SSSR count). The van der Waals surface area contributed by atoms with E-state index in [2.05, 4.69) is 10.3 Å². The van der Waals surface area contributed by atoms with E-state index in [1.807, 2.05) is 28.8 Å². The Morgan fingerprint density at radius 3 is 2.46 bits per heavy atom. The number of Topliss-reactive ketones (excluding diaryl/α,β-unsaturated/α-hetero) is 1. The summed E-state index contributed by atoms with van der Waals surface area (Å²) in [5.41, 5.74) is 3.00. The summed E-state index contributed by atoms with van der Waals surface area (Å²) in [6.07, 6.45) is 1.72. The highest BCUT2D eigenvalue weighted by Gasteiger charge is 2.27. The van der Waals surface area contributed by atoms with E-state index in [1.165, 1.54) is 0 Å². The first kappa shape index (κ1) is 17.4. The molecule has 130 valence electrons. The number of hydrogen-bond acceptors (Lipinski definition) is 4. The van der Waals surface area contributed by atoms with Crippen molar-refractivity contribution in [2.75, 3.05) is 0 Å². The standard InChI is InChI=1S/C20H18N4O2/c1-13(2)23-20(26)16(11-21)19(25)14-7-9-15(10-8-14)24-12-22-17-5-3-4-6-18(17)24/h3-10,12-13,16H,1-2H3,(H,23,26). The largest absolute Gasteiger partial charge is 0.352 e. The lowest BCUT2D eigenvalue weighted by atomic mass is 9.97. The van der Waals surface area contributed by atoms with Gasteiger partial charge in [0.1, 0.15) is 6.33 Å². The van der Waals surface area contributed by atoms with E-state index in [9.17, 15) is 14.9 Å². The Balaban J connectivity index is 1.86. The van der Waals surface area contributed by atoms with Crippen LogP contribution >= 0.6 is 0 Å². The van der Waals surface area contributed by atoms with Crippen molar-refractivity contribution in [1.82, 2.24) is 14.9 Å². The summed E-state index contributed by atoms with van der Waals surface area (Å²) in [6.45, 7) is 3.56. The number of benzene rings is 2. The molecule has 6 heteroatoms. The Bertz CT molecular complexity index is 997. The zero-order valence-corrected chi connectivity index (χ0v) is 14.5. The van der Waals surface area contributed by atoms with E-state index >= 15 is 0 Å². The summed E-state index contributed by atoms with van der Waals surface area (Å²) in [5.74, 6) is -2.43. The van der Waals surface area contributed by atoms with Crippen LogP contribution in [0.5, 0.6) is 0 Å². The van der Waals surface area contributed by atoms with Gasteiger partial charge in [0.05, 0.1) is 17.1 Å². The summed E-state index contributed by atoms with van der Waals surface area (Å²) in [7, 11) is 0. The second kappa shape index (κ2) is 7.19. The maximum Gasteiger partial charge on any atom is 0.245 e. The Labute approximate surface area is 151 Å². The van der Waals surface area contributed by atoms with E-state index in [-0.39, 0.29) is 6.04 Å².